The molecule has 2 aliphatic rings. The van der Waals surface area contributed by atoms with Gasteiger partial charge in [0.25, 0.3) is 0 Å². The summed E-state index contributed by atoms with van der Waals surface area (Å²) in [6, 6.07) is 23.5. The number of nitrogens with one attached hydrogen (secondary N) is 2. The molecule has 14 nitrogen and oxygen atoms in total. The van der Waals surface area contributed by atoms with E-state index in [0.29, 0.717) is 46.3 Å². The van der Waals surface area contributed by atoms with Crippen LogP contribution in [0.15, 0.2) is 110 Å². The van der Waals surface area contributed by atoms with E-state index in [-0.39, 0.29) is 38.1 Å². The number of aliphatic hydroxyl groups is 2. The van der Waals surface area contributed by atoms with Crippen LogP contribution in [0.25, 0.3) is 41.3 Å². The first-order chi connectivity index (χ1) is 35.2. The van der Waals surface area contributed by atoms with Crippen molar-refractivity contribution in [3.05, 3.63) is 165 Å². The molecule has 0 amide bonds. The smallest absolute Gasteiger partial charge is 0.142 e. The predicted octanol–water partition coefficient (Wildman–Crippen LogP) is 11.5. The fraction of sp³-hybridized carbons (Fsp3) is 0.192. The number of aromatic nitrogens is 8. The molecule has 72 heavy (non-hydrogen) atoms. The highest BCUT2D eigenvalue weighted by Gasteiger charge is 2.28. The van der Waals surface area contributed by atoms with Crippen molar-refractivity contribution in [1.82, 2.24) is 39.5 Å². The van der Waals surface area contributed by atoms with Gasteiger partial charge >= 0.3 is 0 Å². The molecule has 6 aromatic heterocycles. The molecule has 10 aromatic rings. The normalized spacial score (nSPS) is 12.4. The highest BCUT2D eigenvalue weighted by Crippen LogP contribution is 2.47. The van der Waals surface area contributed by atoms with Gasteiger partial charge in [0.1, 0.15) is 70.3 Å². The number of aryl methyl sites for hydroxylation is 3. The number of ether oxygens (including phenoxy) is 2. The highest BCUT2D eigenvalue weighted by atomic mass is 35.5. The molecule has 0 aliphatic heterocycles. The Balaban J connectivity index is 0.000000156. The molecule has 0 saturated heterocycles. The van der Waals surface area contributed by atoms with Gasteiger partial charge < -0.3 is 30.3 Å². The molecule has 12 rings (SSSR count). The zero-order chi connectivity index (χ0) is 49.3. The number of nitrogens with zero attached hydrogens (tertiary/aromatic N) is 8. The molecule has 6 heterocycles. The van der Waals surface area contributed by atoms with Crippen molar-refractivity contribution < 1.29 is 28.5 Å². The lowest BCUT2D eigenvalue weighted by molar-refractivity contribution is 0.267. The Kier molecular flexibility index (Phi) is 13.5. The first-order valence-electron chi connectivity index (χ1n) is 22.9. The van der Waals surface area contributed by atoms with Crippen molar-refractivity contribution >= 4 is 89.3 Å². The van der Waals surface area contributed by atoms with Crippen molar-refractivity contribution in [2.24, 2.45) is 0 Å². The minimum absolute atomic E-state index is 0.0522. The van der Waals surface area contributed by atoms with Crippen LogP contribution in [0.4, 0.5) is 31.8 Å². The molecule has 0 radical (unpaired) electrons. The molecule has 0 spiro atoms. The Morgan fingerprint density at radius 2 is 1.19 bits per heavy atom. The molecule has 2 aliphatic carbocycles. The number of rotatable bonds is 14. The number of benzene rings is 4. The van der Waals surface area contributed by atoms with Crippen molar-refractivity contribution in [3.63, 3.8) is 0 Å². The maximum Gasteiger partial charge on any atom is 0.142 e. The van der Waals surface area contributed by atoms with Crippen LogP contribution in [-0.4, -0.2) is 62.9 Å². The second-order valence-corrected chi connectivity index (χ2v) is 19.7. The van der Waals surface area contributed by atoms with E-state index in [1.54, 1.807) is 88.5 Å². The zero-order valence-electron chi connectivity index (χ0n) is 38.1. The lowest BCUT2D eigenvalue weighted by Crippen LogP contribution is -2.11. The second-order valence-electron chi connectivity index (χ2n) is 16.9. The quantitative estimate of drug-likeness (QED) is 0.0814. The van der Waals surface area contributed by atoms with Crippen LogP contribution in [-0.2, 0) is 52.0 Å². The number of anilines is 4. The van der Waals surface area contributed by atoms with Crippen molar-refractivity contribution in [3.8, 4) is 32.4 Å². The SMILES string of the molecule is OCCn1cc2c(n1)CCc1c-2sc2ncnc(Nc3ccc(OCc4cccc(F)c4)c(Cl)c3)c12.OCCn1ncc2c1CCc1c-2sc2ncnc(Nc3ccc(OCc4cccc(F)c4)c(Cl)c3)c12. The molecule has 364 valence electrons. The van der Waals surface area contributed by atoms with Crippen LogP contribution in [0.3, 0.4) is 0 Å². The Morgan fingerprint density at radius 1 is 0.639 bits per heavy atom. The molecule has 0 unspecified atom stereocenters. The molecule has 0 bridgehead atoms. The van der Waals surface area contributed by atoms with Crippen LogP contribution in [0, 0.1) is 11.6 Å². The molecule has 0 fully saturated rings. The fourth-order valence-electron chi connectivity index (χ4n) is 9.01. The van der Waals surface area contributed by atoms with E-state index in [4.69, 9.17) is 32.7 Å². The third-order valence-corrected chi connectivity index (χ3v) is 15.2. The first-order valence-corrected chi connectivity index (χ1v) is 25.3. The Hall–Kier alpha value is -7.06. The number of aliphatic hydroxyl groups excluding tert-OH is 2. The standard InChI is InChI=1S/2C26H21ClFN5O2S/c27-20-11-17(4-7-22(20)35-13-15-2-1-3-16(28)10-15)31-25-23-18-5-6-21-19(12-33(32-21)8-9-34)24(18)36-26(23)30-14-29-25;27-20-11-17(4-7-22(20)35-13-15-2-1-3-16(28)10-15)32-25-23-18-5-6-21-19(12-31-33(21)8-9-34)24(18)36-26(23)30-14-29-25/h1-4,7,10-12,14,34H,5-6,8-9,13H2,(H,29,30,31);1-4,7,10-12,14,34H,5-6,8-9,13H2,(H,29,30,32). The van der Waals surface area contributed by atoms with E-state index in [0.717, 1.165) is 101 Å². The van der Waals surface area contributed by atoms with Gasteiger partial charge in [-0.1, -0.05) is 47.5 Å². The lowest BCUT2D eigenvalue weighted by Gasteiger charge is -2.15. The number of hydrogen-bond acceptors (Lipinski definition) is 14. The fourth-order valence-corrected chi connectivity index (χ4v) is 11.9. The second kappa shape index (κ2) is 20.6. The average Bonchev–Trinajstić information content (AvgIpc) is 4.17. The van der Waals surface area contributed by atoms with E-state index in [1.807, 2.05) is 29.2 Å². The third kappa shape index (κ3) is 9.68. The molecule has 0 saturated carbocycles. The van der Waals surface area contributed by atoms with E-state index < -0.39 is 0 Å². The van der Waals surface area contributed by atoms with Crippen LogP contribution < -0.4 is 20.1 Å². The summed E-state index contributed by atoms with van der Waals surface area (Å²) in [5.41, 5.74) is 9.79. The van der Waals surface area contributed by atoms with Gasteiger partial charge in [0.05, 0.1) is 59.0 Å². The van der Waals surface area contributed by atoms with Gasteiger partial charge in [0.2, 0.25) is 0 Å². The molecule has 20 heteroatoms. The number of fused-ring (bicyclic) bond motifs is 10. The molecule has 4 N–H and O–H groups in total. The average molecular weight is 1040 g/mol. The summed E-state index contributed by atoms with van der Waals surface area (Å²) < 4.78 is 42.1. The van der Waals surface area contributed by atoms with Crippen LogP contribution in [0.5, 0.6) is 11.5 Å². The van der Waals surface area contributed by atoms with E-state index in [2.05, 4.69) is 40.8 Å². The maximum absolute atomic E-state index is 13.4. The summed E-state index contributed by atoms with van der Waals surface area (Å²) in [6.45, 7) is 1.51. The zero-order valence-corrected chi connectivity index (χ0v) is 41.2. The minimum Gasteiger partial charge on any atom is -0.487 e. The Morgan fingerprint density at radius 3 is 1.74 bits per heavy atom. The van der Waals surface area contributed by atoms with Crippen molar-refractivity contribution in [2.75, 3.05) is 23.8 Å². The maximum atomic E-state index is 13.4. The molecular weight excluding hydrogens is 1000 g/mol. The van der Waals surface area contributed by atoms with Crippen LogP contribution in [0.1, 0.15) is 33.6 Å². The van der Waals surface area contributed by atoms with Gasteiger partial charge in [0, 0.05) is 44.1 Å². The van der Waals surface area contributed by atoms with Gasteiger partial charge in [-0.15, -0.1) is 22.7 Å². The van der Waals surface area contributed by atoms with Crippen molar-refractivity contribution in [1.29, 1.82) is 0 Å². The summed E-state index contributed by atoms with van der Waals surface area (Å²) in [7, 11) is 0. The third-order valence-electron chi connectivity index (χ3n) is 12.3. The van der Waals surface area contributed by atoms with Crippen LogP contribution in [0.2, 0.25) is 10.0 Å². The van der Waals surface area contributed by atoms with E-state index in [9.17, 15) is 19.0 Å². The van der Waals surface area contributed by atoms with E-state index >= 15 is 0 Å². The highest BCUT2D eigenvalue weighted by molar-refractivity contribution is 7.22. The predicted molar refractivity (Wildman–Crippen MR) is 277 cm³/mol. The summed E-state index contributed by atoms with van der Waals surface area (Å²) in [6.07, 6.45) is 10.3. The van der Waals surface area contributed by atoms with Gasteiger partial charge in [-0.05, 0) is 109 Å². The monoisotopic (exact) mass is 1040 g/mol. The van der Waals surface area contributed by atoms with E-state index in [1.165, 1.54) is 35.4 Å². The summed E-state index contributed by atoms with van der Waals surface area (Å²) in [4.78, 5) is 22.2. The molecular formula is C52H42Cl2F2N10O4S2. The van der Waals surface area contributed by atoms with Gasteiger partial charge in [-0.2, -0.15) is 10.2 Å². The Bertz CT molecular complexity index is 3460. The number of hydrogen-bond donors (Lipinski definition) is 4. The number of thiophene rings is 2. The summed E-state index contributed by atoms with van der Waals surface area (Å²) in [5, 5.41) is 37.4. The minimum atomic E-state index is -0.302. The van der Waals surface area contributed by atoms with Gasteiger partial charge in [-0.25, -0.2) is 28.7 Å². The van der Waals surface area contributed by atoms with Crippen molar-refractivity contribution in [2.45, 2.75) is 52.0 Å². The summed E-state index contributed by atoms with van der Waals surface area (Å²) >= 11 is 16.2. The largest absolute Gasteiger partial charge is 0.487 e. The molecule has 4 aromatic carbocycles. The van der Waals surface area contributed by atoms with Gasteiger partial charge in [-0.3, -0.25) is 9.36 Å². The number of halogens is 4. The van der Waals surface area contributed by atoms with Gasteiger partial charge in [0.15, 0.2) is 0 Å². The summed E-state index contributed by atoms with van der Waals surface area (Å²) in [5.74, 6) is 1.85. The first kappa shape index (κ1) is 47.3. The van der Waals surface area contributed by atoms with Crippen LogP contribution >= 0.6 is 45.9 Å². The molecule has 0 atom stereocenters. The lowest BCUT2D eigenvalue weighted by atomic mass is 9.95. The Labute approximate surface area is 428 Å². The topological polar surface area (TPSA) is 170 Å².